The molecule has 0 saturated carbocycles. The van der Waals surface area contributed by atoms with Gasteiger partial charge in [-0.25, -0.2) is 13.1 Å². The van der Waals surface area contributed by atoms with Crippen LogP contribution in [0.3, 0.4) is 0 Å². The molecule has 0 aromatic heterocycles. The van der Waals surface area contributed by atoms with E-state index in [1.165, 1.54) is 13.0 Å². The van der Waals surface area contributed by atoms with Crippen LogP contribution in [-0.2, 0) is 14.8 Å². The molecule has 0 spiro atoms. The van der Waals surface area contributed by atoms with Crippen LogP contribution >= 0.6 is 0 Å². The first-order valence-electron chi connectivity index (χ1n) is 5.68. The summed E-state index contributed by atoms with van der Waals surface area (Å²) in [6, 6.07) is 15.9. The molecule has 4 nitrogen and oxygen atoms in total. The Bertz CT molecular complexity index is 694. The molecule has 1 amide bonds. The van der Waals surface area contributed by atoms with Crippen LogP contribution < -0.4 is 4.72 Å². The van der Waals surface area contributed by atoms with Gasteiger partial charge in [0.25, 0.3) is 10.0 Å². The lowest BCUT2D eigenvalue weighted by molar-refractivity contribution is -0.117. The molecule has 2 aromatic rings. The molecule has 19 heavy (non-hydrogen) atoms. The Labute approximate surface area is 112 Å². The van der Waals surface area contributed by atoms with Crippen LogP contribution in [0.1, 0.15) is 6.92 Å². The molecule has 0 unspecified atom stereocenters. The van der Waals surface area contributed by atoms with Crippen molar-refractivity contribution in [1.82, 2.24) is 4.72 Å². The van der Waals surface area contributed by atoms with Gasteiger partial charge in [0.1, 0.15) is 0 Å². The first-order chi connectivity index (χ1) is 8.99. The van der Waals surface area contributed by atoms with Gasteiger partial charge in [-0.3, -0.25) is 4.79 Å². The predicted molar refractivity (Wildman–Crippen MR) is 72.9 cm³/mol. The van der Waals surface area contributed by atoms with Crippen molar-refractivity contribution in [3.05, 3.63) is 54.6 Å². The van der Waals surface area contributed by atoms with E-state index < -0.39 is 15.9 Å². The van der Waals surface area contributed by atoms with Gasteiger partial charge < -0.3 is 0 Å². The minimum absolute atomic E-state index is 0.0732. The monoisotopic (exact) mass is 275 g/mol. The van der Waals surface area contributed by atoms with E-state index in [4.69, 9.17) is 0 Å². The van der Waals surface area contributed by atoms with Crippen LogP contribution in [0.5, 0.6) is 0 Å². The maximum atomic E-state index is 11.9. The van der Waals surface area contributed by atoms with Gasteiger partial charge in [0.05, 0.1) is 4.90 Å². The van der Waals surface area contributed by atoms with Gasteiger partial charge in [-0.1, -0.05) is 42.5 Å². The zero-order valence-electron chi connectivity index (χ0n) is 10.3. The number of sulfonamides is 1. The standard InChI is InChI=1S/C14H13NO3S/c1-11(16)15-19(17,18)14-9-5-8-13(10-14)12-6-3-2-4-7-12/h2-10H,1H3,(H,15,16). The second-order valence-corrected chi connectivity index (χ2v) is 5.74. The number of nitrogens with one attached hydrogen (secondary N) is 1. The quantitative estimate of drug-likeness (QED) is 0.933. The lowest BCUT2D eigenvalue weighted by Gasteiger charge is -2.07. The Hall–Kier alpha value is -2.14. The minimum atomic E-state index is -3.79. The third kappa shape index (κ3) is 3.20. The van der Waals surface area contributed by atoms with Crippen LogP contribution in [0.2, 0.25) is 0 Å². The SMILES string of the molecule is CC(=O)NS(=O)(=O)c1cccc(-c2ccccc2)c1. The molecule has 98 valence electrons. The van der Waals surface area contributed by atoms with Gasteiger partial charge in [-0.15, -0.1) is 0 Å². The summed E-state index contributed by atoms with van der Waals surface area (Å²) in [6.45, 7) is 1.17. The first-order valence-corrected chi connectivity index (χ1v) is 7.16. The molecular formula is C14H13NO3S. The molecule has 2 aromatic carbocycles. The van der Waals surface area contributed by atoms with Crippen LogP contribution in [-0.4, -0.2) is 14.3 Å². The Balaban J connectivity index is 2.43. The summed E-state index contributed by atoms with van der Waals surface area (Å²) in [4.78, 5) is 11.0. The molecule has 0 saturated heterocycles. The average molecular weight is 275 g/mol. The van der Waals surface area contributed by atoms with Gasteiger partial charge in [0.2, 0.25) is 5.91 Å². The topological polar surface area (TPSA) is 63.2 Å². The first kappa shape index (κ1) is 13.3. The molecule has 1 N–H and O–H groups in total. The molecule has 0 fully saturated rings. The van der Waals surface area contributed by atoms with Crippen molar-refractivity contribution in [2.75, 3.05) is 0 Å². The Morgan fingerprint density at radius 1 is 0.947 bits per heavy atom. The van der Waals surface area contributed by atoms with Gasteiger partial charge in [0.15, 0.2) is 0 Å². The van der Waals surface area contributed by atoms with Gasteiger partial charge in [0, 0.05) is 6.92 Å². The van der Waals surface area contributed by atoms with Crippen LogP contribution in [0.25, 0.3) is 11.1 Å². The highest BCUT2D eigenvalue weighted by Crippen LogP contribution is 2.21. The lowest BCUT2D eigenvalue weighted by Crippen LogP contribution is -2.28. The fourth-order valence-corrected chi connectivity index (χ4v) is 2.76. The summed E-state index contributed by atoms with van der Waals surface area (Å²) in [6.07, 6.45) is 0. The van der Waals surface area contributed by atoms with E-state index in [2.05, 4.69) is 0 Å². The maximum Gasteiger partial charge on any atom is 0.264 e. The van der Waals surface area contributed by atoms with Crippen molar-refractivity contribution in [3.63, 3.8) is 0 Å². The Kier molecular flexibility index (Phi) is 3.66. The second kappa shape index (κ2) is 5.24. The van der Waals surface area contributed by atoms with E-state index in [0.29, 0.717) is 0 Å². The van der Waals surface area contributed by atoms with E-state index in [0.717, 1.165) is 11.1 Å². The Morgan fingerprint density at radius 3 is 2.21 bits per heavy atom. The number of hydrogen-bond acceptors (Lipinski definition) is 3. The van der Waals surface area contributed by atoms with Gasteiger partial charge in [-0.2, -0.15) is 0 Å². The Morgan fingerprint density at radius 2 is 1.58 bits per heavy atom. The van der Waals surface area contributed by atoms with E-state index in [1.54, 1.807) is 12.1 Å². The van der Waals surface area contributed by atoms with Crippen molar-refractivity contribution in [1.29, 1.82) is 0 Å². The number of amides is 1. The fourth-order valence-electron chi connectivity index (χ4n) is 1.72. The molecule has 0 bridgehead atoms. The molecule has 0 aliphatic rings. The minimum Gasteiger partial charge on any atom is -0.274 e. The summed E-state index contributed by atoms with van der Waals surface area (Å²) in [5.74, 6) is -0.606. The van der Waals surface area contributed by atoms with Crippen LogP contribution in [0.15, 0.2) is 59.5 Å². The smallest absolute Gasteiger partial charge is 0.264 e. The predicted octanol–water partition coefficient (Wildman–Crippen LogP) is 2.18. The normalized spacial score (nSPS) is 11.0. The number of carbonyl (C=O) groups is 1. The third-order valence-corrected chi connectivity index (χ3v) is 3.96. The highest BCUT2D eigenvalue weighted by atomic mass is 32.2. The number of benzene rings is 2. The zero-order valence-corrected chi connectivity index (χ0v) is 11.1. The highest BCUT2D eigenvalue weighted by molar-refractivity contribution is 7.90. The second-order valence-electron chi connectivity index (χ2n) is 4.06. The molecule has 0 aliphatic heterocycles. The molecule has 2 rings (SSSR count). The highest BCUT2D eigenvalue weighted by Gasteiger charge is 2.15. The molecular weight excluding hydrogens is 262 g/mol. The van der Waals surface area contributed by atoms with E-state index in [9.17, 15) is 13.2 Å². The summed E-state index contributed by atoms with van der Waals surface area (Å²) in [5.41, 5.74) is 1.70. The summed E-state index contributed by atoms with van der Waals surface area (Å²) < 4.78 is 25.7. The largest absolute Gasteiger partial charge is 0.274 e. The van der Waals surface area contributed by atoms with Crippen molar-refractivity contribution in [2.45, 2.75) is 11.8 Å². The van der Waals surface area contributed by atoms with Crippen molar-refractivity contribution in [3.8, 4) is 11.1 Å². The van der Waals surface area contributed by atoms with Gasteiger partial charge in [-0.05, 0) is 23.3 Å². The van der Waals surface area contributed by atoms with E-state index >= 15 is 0 Å². The fraction of sp³-hybridized carbons (Fsp3) is 0.0714. The van der Waals surface area contributed by atoms with Crippen LogP contribution in [0, 0.1) is 0 Å². The number of hydrogen-bond donors (Lipinski definition) is 1. The molecule has 5 heteroatoms. The number of rotatable bonds is 3. The molecule has 0 atom stereocenters. The molecule has 0 aliphatic carbocycles. The third-order valence-electron chi connectivity index (χ3n) is 2.53. The lowest BCUT2D eigenvalue weighted by atomic mass is 10.1. The van der Waals surface area contributed by atoms with E-state index in [1.807, 2.05) is 41.1 Å². The molecule has 0 radical (unpaired) electrons. The van der Waals surface area contributed by atoms with Crippen molar-refractivity contribution < 1.29 is 13.2 Å². The average Bonchev–Trinajstić information content (AvgIpc) is 2.38. The van der Waals surface area contributed by atoms with Crippen molar-refractivity contribution in [2.24, 2.45) is 0 Å². The number of carbonyl (C=O) groups excluding carboxylic acids is 1. The van der Waals surface area contributed by atoms with Crippen LogP contribution in [0.4, 0.5) is 0 Å². The summed E-state index contributed by atoms with van der Waals surface area (Å²) in [7, 11) is -3.79. The molecule has 0 heterocycles. The maximum absolute atomic E-state index is 11.9. The van der Waals surface area contributed by atoms with Gasteiger partial charge >= 0.3 is 0 Å². The van der Waals surface area contributed by atoms with Crippen molar-refractivity contribution >= 4 is 15.9 Å². The summed E-state index contributed by atoms with van der Waals surface area (Å²) >= 11 is 0. The van der Waals surface area contributed by atoms with E-state index in [-0.39, 0.29) is 4.90 Å². The zero-order chi connectivity index (χ0) is 13.9. The summed E-state index contributed by atoms with van der Waals surface area (Å²) in [5, 5.41) is 0.